The summed E-state index contributed by atoms with van der Waals surface area (Å²) >= 11 is 0. The predicted molar refractivity (Wildman–Crippen MR) is 302 cm³/mol. The van der Waals surface area contributed by atoms with Gasteiger partial charge in [-0.05, 0) is 169 Å². The maximum absolute atomic E-state index is 13.8. The molecule has 1 N–H and O–H groups in total. The van der Waals surface area contributed by atoms with Crippen molar-refractivity contribution in [3.63, 3.8) is 0 Å². The number of carbonyl (C=O) groups excluding carboxylic acids is 6. The van der Waals surface area contributed by atoms with Crippen molar-refractivity contribution < 1.29 is 66.7 Å². The van der Waals surface area contributed by atoms with Crippen LogP contribution in [-0.4, -0.2) is 80.7 Å². The molecule has 16 heteroatoms. The number of carbonyl (C=O) groups is 6. The molecule has 2 saturated carbocycles. The van der Waals surface area contributed by atoms with Crippen LogP contribution in [-0.2, 0) is 60.6 Å². The smallest absolute Gasteiger partial charge is 0.330 e. The van der Waals surface area contributed by atoms with E-state index in [1.54, 1.807) is 18.3 Å². The van der Waals surface area contributed by atoms with Crippen LogP contribution in [0.2, 0.25) is 0 Å². The van der Waals surface area contributed by atoms with Gasteiger partial charge >= 0.3 is 35.8 Å². The van der Waals surface area contributed by atoms with Crippen molar-refractivity contribution in [3.8, 4) is 23.0 Å². The van der Waals surface area contributed by atoms with E-state index < -0.39 is 35.7 Å². The molecule has 16 nitrogen and oxygen atoms in total. The SMILES string of the molecule is C=CC(=O)OCCCCCCOc1ccc(CCC(=O)O[C@H]2CC[C@H](C(=O)Oc3ccc(OC(=O)[C@H]4CC[C@H](OC(=O)CCc5ccc(OCCCCCCOC(=O)C=C)cc5)CC4)c4c3N=CC(c3ccccc3)N4)CC2)cc1. The second-order valence-corrected chi connectivity index (χ2v) is 20.4. The van der Waals surface area contributed by atoms with Gasteiger partial charge in [-0.3, -0.25) is 24.2 Å². The van der Waals surface area contributed by atoms with E-state index in [0.717, 1.165) is 91.7 Å². The number of fused-ring (bicyclic) bond motifs is 1. The Morgan fingerprint density at radius 2 is 0.950 bits per heavy atom. The van der Waals surface area contributed by atoms with Crippen molar-refractivity contribution in [1.29, 1.82) is 0 Å². The molecule has 0 aromatic heterocycles. The topological polar surface area (TPSA) is 201 Å². The maximum Gasteiger partial charge on any atom is 0.330 e. The fourth-order valence-corrected chi connectivity index (χ4v) is 9.82. The van der Waals surface area contributed by atoms with Gasteiger partial charge in [-0.1, -0.05) is 67.8 Å². The van der Waals surface area contributed by atoms with Gasteiger partial charge in [-0.15, -0.1) is 0 Å². The summed E-state index contributed by atoms with van der Waals surface area (Å²) in [5, 5.41) is 3.47. The molecule has 0 saturated heterocycles. The molecule has 80 heavy (non-hydrogen) atoms. The molecule has 3 aliphatic rings. The molecule has 2 fully saturated rings. The monoisotopic (exact) mass is 1100 g/mol. The third-order valence-corrected chi connectivity index (χ3v) is 14.5. The van der Waals surface area contributed by atoms with E-state index in [2.05, 4.69) is 18.5 Å². The molecule has 7 rings (SSSR count). The lowest BCUT2D eigenvalue weighted by molar-refractivity contribution is -0.153. The number of nitrogens with one attached hydrogen (secondary N) is 1. The van der Waals surface area contributed by atoms with Crippen molar-refractivity contribution in [2.24, 2.45) is 16.8 Å². The molecule has 0 spiro atoms. The molecular weight excluding hydrogens is 1020 g/mol. The van der Waals surface area contributed by atoms with Crippen molar-refractivity contribution in [2.75, 3.05) is 31.7 Å². The average molecular weight is 1100 g/mol. The van der Waals surface area contributed by atoms with Crippen LogP contribution in [0.5, 0.6) is 23.0 Å². The van der Waals surface area contributed by atoms with Crippen LogP contribution in [0.3, 0.4) is 0 Å². The van der Waals surface area contributed by atoms with Gasteiger partial charge in [0.1, 0.15) is 35.1 Å². The van der Waals surface area contributed by atoms with Gasteiger partial charge in [0, 0.05) is 31.2 Å². The van der Waals surface area contributed by atoms with Crippen LogP contribution < -0.4 is 24.3 Å². The van der Waals surface area contributed by atoms with Crippen LogP contribution in [0.25, 0.3) is 0 Å². The maximum atomic E-state index is 13.8. The number of aliphatic imine (C=N–C) groups is 1. The van der Waals surface area contributed by atoms with Gasteiger partial charge in [-0.2, -0.15) is 0 Å². The molecular formula is C64H76N2O14. The lowest BCUT2D eigenvalue weighted by atomic mass is 9.87. The third-order valence-electron chi connectivity index (χ3n) is 14.5. The van der Waals surface area contributed by atoms with Crippen molar-refractivity contribution >= 4 is 53.4 Å². The number of hydrogen-bond acceptors (Lipinski definition) is 16. The van der Waals surface area contributed by atoms with Crippen molar-refractivity contribution in [1.82, 2.24) is 0 Å². The molecule has 2 aliphatic carbocycles. The fraction of sp³-hybridized carbons (Fsp3) is 0.453. The van der Waals surface area contributed by atoms with E-state index in [0.29, 0.717) is 102 Å². The number of anilines is 1. The zero-order valence-corrected chi connectivity index (χ0v) is 45.8. The number of benzene rings is 4. The highest BCUT2D eigenvalue weighted by Crippen LogP contribution is 2.47. The summed E-state index contributed by atoms with van der Waals surface area (Å²) < 4.78 is 45.5. The molecule has 0 amide bonds. The summed E-state index contributed by atoms with van der Waals surface area (Å²) in [5.74, 6) is -0.932. The minimum atomic E-state index is -0.404. The Hall–Kier alpha value is -7.75. The standard InChI is InChI=1S/C64H76N2O14/c1-3-57(67)75-42-14-7-5-12-40-73-50-28-18-45(19-29-50)22-38-59(69)77-52-32-24-48(25-33-52)63(71)79-55-36-37-56(62-61(55)65-44-54(66-62)47-16-10-9-11-17-47)80-64(72)49-26-34-53(35-27-49)78-60(70)39-23-46-20-30-51(31-21-46)74-41-13-6-8-15-43-76-58(68)4-2/h3-4,9-11,16-21,28-31,36-37,44,48-49,52-54,66H,1-2,5-8,12-15,22-27,32-35,38-43H2/t48-,49-,52-,53-,54?. The summed E-state index contributed by atoms with van der Waals surface area (Å²) in [6.45, 7) is 8.74. The fourth-order valence-electron chi connectivity index (χ4n) is 9.82. The number of hydrogen-bond donors (Lipinski definition) is 1. The number of esters is 6. The molecule has 4 aromatic carbocycles. The Kier molecular flexibility index (Phi) is 24.2. The highest BCUT2D eigenvalue weighted by atomic mass is 16.6. The van der Waals surface area contributed by atoms with Gasteiger partial charge in [0.05, 0.1) is 44.3 Å². The highest BCUT2D eigenvalue weighted by Gasteiger charge is 2.34. The largest absolute Gasteiger partial charge is 0.494 e. The average Bonchev–Trinajstić information content (AvgIpc) is 3.49. The Balaban J connectivity index is 0.810. The van der Waals surface area contributed by atoms with Crippen LogP contribution in [0.4, 0.5) is 11.4 Å². The Morgan fingerprint density at radius 3 is 1.41 bits per heavy atom. The first kappa shape index (κ1) is 59.9. The van der Waals surface area contributed by atoms with Crippen LogP contribution >= 0.6 is 0 Å². The molecule has 1 atom stereocenters. The third kappa shape index (κ3) is 19.9. The van der Waals surface area contributed by atoms with Gasteiger partial charge in [0.2, 0.25) is 0 Å². The van der Waals surface area contributed by atoms with Gasteiger partial charge in [0.25, 0.3) is 0 Å². The predicted octanol–water partition coefficient (Wildman–Crippen LogP) is 12.2. The van der Waals surface area contributed by atoms with Gasteiger partial charge in [-0.25, -0.2) is 9.59 Å². The molecule has 4 aromatic rings. The summed E-state index contributed by atoms with van der Waals surface area (Å²) in [4.78, 5) is 80.2. The normalized spacial score (nSPS) is 18.2. The first-order valence-electron chi connectivity index (χ1n) is 28.4. The molecule has 426 valence electrons. The lowest BCUT2D eigenvalue weighted by Crippen LogP contribution is -2.30. The number of unbranched alkanes of at least 4 members (excludes halogenated alkanes) is 6. The molecule has 0 radical (unpaired) electrons. The first-order valence-corrected chi connectivity index (χ1v) is 28.4. The second-order valence-electron chi connectivity index (χ2n) is 20.4. The highest BCUT2D eigenvalue weighted by molar-refractivity contribution is 5.93. The van der Waals surface area contributed by atoms with Crippen molar-refractivity contribution in [3.05, 3.63) is 133 Å². The van der Waals surface area contributed by atoms with Crippen LogP contribution in [0.1, 0.15) is 138 Å². The van der Waals surface area contributed by atoms with E-state index in [4.69, 9.17) is 42.9 Å². The molecule has 0 bridgehead atoms. The Morgan fingerprint density at radius 1 is 0.512 bits per heavy atom. The van der Waals surface area contributed by atoms with E-state index in [-0.39, 0.29) is 54.5 Å². The van der Waals surface area contributed by atoms with E-state index in [1.807, 2.05) is 78.9 Å². The minimum Gasteiger partial charge on any atom is -0.494 e. The number of aryl methyl sites for hydroxylation is 2. The summed E-state index contributed by atoms with van der Waals surface area (Å²) in [5.41, 5.74) is 3.73. The number of rotatable bonds is 31. The molecule has 1 heterocycles. The zero-order valence-electron chi connectivity index (χ0n) is 45.8. The van der Waals surface area contributed by atoms with Gasteiger partial charge < -0.3 is 43.2 Å². The molecule has 1 unspecified atom stereocenters. The van der Waals surface area contributed by atoms with E-state index >= 15 is 0 Å². The first-order chi connectivity index (χ1) is 39.0. The number of nitrogens with zero attached hydrogens (tertiary/aromatic N) is 1. The lowest BCUT2D eigenvalue weighted by Gasteiger charge is -2.29. The Bertz CT molecular complexity index is 2690. The van der Waals surface area contributed by atoms with E-state index in [9.17, 15) is 28.8 Å². The van der Waals surface area contributed by atoms with Crippen LogP contribution in [0.15, 0.2) is 121 Å². The Labute approximate surface area is 469 Å². The van der Waals surface area contributed by atoms with E-state index in [1.165, 1.54) is 0 Å². The summed E-state index contributed by atoms with van der Waals surface area (Å²) in [7, 11) is 0. The minimum absolute atomic E-state index is 0.235. The second kappa shape index (κ2) is 32.4. The molecule has 1 aliphatic heterocycles. The van der Waals surface area contributed by atoms with Gasteiger partial charge in [0.15, 0.2) is 11.5 Å². The number of ether oxygens (including phenoxy) is 8. The zero-order chi connectivity index (χ0) is 56.3. The summed E-state index contributed by atoms with van der Waals surface area (Å²) in [6, 6.07) is 28.0. The quantitative estimate of drug-likeness (QED) is 0.0164. The van der Waals surface area contributed by atoms with Crippen molar-refractivity contribution in [2.45, 2.75) is 147 Å². The summed E-state index contributed by atoms with van der Waals surface area (Å²) in [6.07, 6.45) is 16.4. The van der Waals surface area contributed by atoms with Crippen LogP contribution in [0, 0.1) is 11.8 Å².